The minimum absolute atomic E-state index is 0.0312. The van der Waals surface area contributed by atoms with E-state index in [9.17, 15) is 9.18 Å². The molecule has 12 heteroatoms. The number of rotatable bonds is 8. The van der Waals surface area contributed by atoms with E-state index >= 15 is 0 Å². The SMILES string of the molecule is Cc1nccc(/C=C/C(=O)N2CCC(/C=[N+](/C)c3nc(OC[C@@]45CCCN4C[C@H](F)C5)nc4c3CCN(c3cccc5cccc(Cl)c35)C4)C2)n1. The first-order valence-electron chi connectivity index (χ1n) is 17.9. The van der Waals surface area contributed by atoms with Gasteiger partial charge in [0.2, 0.25) is 5.91 Å². The highest BCUT2D eigenvalue weighted by atomic mass is 35.5. The van der Waals surface area contributed by atoms with Crippen LogP contribution in [0.1, 0.15) is 48.5 Å². The van der Waals surface area contributed by atoms with Crippen molar-refractivity contribution in [3.8, 4) is 6.01 Å². The van der Waals surface area contributed by atoms with Crippen molar-refractivity contribution in [2.45, 2.75) is 57.3 Å². The predicted octanol–water partition coefficient (Wildman–Crippen LogP) is 5.81. The third-order valence-corrected chi connectivity index (χ3v) is 11.2. The number of anilines is 1. The number of fused-ring (bicyclic) bond motifs is 3. The molecular weight excluding hydrogens is 667 g/mol. The molecule has 6 heterocycles. The van der Waals surface area contributed by atoms with Gasteiger partial charge in [0.1, 0.15) is 18.6 Å². The zero-order chi connectivity index (χ0) is 35.1. The molecule has 1 unspecified atom stereocenters. The molecule has 1 amide bonds. The van der Waals surface area contributed by atoms with Gasteiger partial charge in [0, 0.05) is 73.3 Å². The second-order valence-electron chi connectivity index (χ2n) is 14.4. The summed E-state index contributed by atoms with van der Waals surface area (Å²) in [6.45, 7) is 6.21. The highest BCUT2D eigenvalue weighted by molar-refractivity contribution is 6.36. The highest BCUT2D eigenvalue weighted by Gasteiger charge is 2.49. The van der Waals surface area contributed by atoms with Gasteiger partial charge in [0.15, 0.2) is 0 Å². The number of likely N-dealkylation sites (tertiary alicyclic amines) is 1. The van der Waals surface area contributed by atoms with E-state index in [1.54, 1.807) is 24.4 Å². The summed E-state index contributed by atoms with van der Waals surface area (Å²) in [6.07, 6.45) is 10.4. The molecule has 0 bridgehead atoms. The number of ether oxygens (including phenoxy) is 1. The number of hydrogen-bond donors (Lipinski definition) is 0. The van der Waals surface area contributed by atoms with Gasteiger partial charge in [-0.25, -0.2) is 18.9 Å². The van der Waals surface area contributed by atoms with Crippen molar-refractivity contribution in [2.24, 2.45) is 5.92 Å². The monoisotopic (exact) mass is 709 g/mol. The number of benzene rings is 2. The molecule has 0 radical (unpaired) electrons. The van der Waals surface area contributed by atoms with Crippen molar-refractivity contribution >= 4 is 52.1 Å². The Morgan fingerprint density at radius 3 is 2.84 bits per heavy atom. The second-order valence-corrected chi connectivity index (χ2v) is 14.8. The van der Waals surface area contributed by atoms with Gasteiger partial charge in [-0.15, -0.1) is 0 Å². The quantitative estimate of drug-likeness (QED) is 0.129. The molecule has 8 rings (SSSR count). The van der Waals surface area contributed by atoms with Crippen molar-refractivity contribution < 1.29 is 18.5 Å². The summed E-state index contributed by atoms with van der Waals surface area (Å²) in [5.74, 6) is 1.61. The van der Waals surface area contributed by atoms with E-state index < -0.39 is 6.17 Å². The number of halogens is 2. The molecule has 264 valence electrons. The maximum absolute atomic E-state index is 14.6. The first-order chi connectivity index (χ1) is 24.7. The van der Waals surface area contributed by atoms with Crippen LogP contribution in [-0.4, -0.2) is 105 Å². The van der Waals surface area contributed by atoms with Crippen molar-refractivity contribution in [3.05, 3.63) is 82.5 Å². The minimum atomic E-state index is -0.833. The van der Waals surface area contributed by atoms with E-state index in [4.69, 9.17) is 26.3 Å². The van der Waals surface area contributed by atoms with Crippen LogP contribution in [0.5, 0.6) is 6.01 Å². The van der Waals surface area contributed by atoms with E-state index in [0.29, 0.717) is 56.7 Å². The Bertz CT molecular complexity index is 2030. The van der Waals surface area contributed by atoms with Crippen LogP contribution in [0.15, 0.2) is 54.7 Å². The molecule has 0 spiro atoms. The van der Waals surface area contributed by atoms with E-state index in [-0.39, 0.29) is 17.4 Å². The summed E-state index contributed by atoms with van der Waals surface area (Å²) >= 11 is 6.75. The van der Waals surface area contributed by atoms with Gasteiger partial charge in [0.05, 0.1) is 47.3 Å². The third kappa shape index (κ3) is 6.81. The van der Waals surface area contributed by atoms with E-state index in [1.807, 2.05) is 31.0 Å². The molecule has 4 aliphatic heterocycles. The summed E-state index contributed by atoms with van der Waals surface area (Å²) in [6, 6.07) is 14.4. The predicted molar refractivity (Wildman–Crippen MR) is 197 cm³/mol. The molecule has 2 aromatic carbocycles. The maximum atomic E-state index is 14.6. The van der Waals surface area contributed by atoms with Crippen LogP contribution in [0.4, 0.5) is 15.9 Å². The van der Waals surface area contributed by atoms with E-state index in [0.717, 1.165) is 77.3 Å². The molecule has 51 heavy (non-hydrogen) atoms. The van der Waals surface area contributed by atoms with Crippen molar-refractivity contribution in [1.82, 2.24) is 29.7 Å². The van der Waals surface area contributed by atoms with Gasteiger partial charge < -0.3 is 14.5 Å². The van der Waals surface area contributed by atoms with Crippen molar-refractivity contribution in [3.63, 3.8) is 0 Å². The molecular formula is C39H43ClFN8O2+. The molecule has 0 aliphatic carbocycles. The standard InChI is InChI=1S/C39H43ClFN8O2/c1-26-42-16-12-30(43-26)10-11-35(50)48-18-13-27(22-48)21-46(2)37-31-14-19-47(34-9-4-7-28-6-3-8-32(40)36(28)34)24-33(31)44-38(45-37)51-25-39-15-5-17-49(39)23-29(41)20-39/h3-4,6-12,16,21,27,29H,5,13-15,17-20,22-25H2,1-2H3/q+1/b11-10+,46-21-/t27?,29-,39+/m1/s1. The summed E-state index contributed by atoms with van der Waals surface area (Å²) in [7, 11) is 2.02. The van der Waals surface area contributed by atoms with Crippen LogP contribution in [-0.2, 0) is 17.8 Å². The first-order valence-corrected chi connectivity index (χ1v) is 18.3. The largest absolute Gasteiger partial charge is 0.443 e. The molecule has 2 aromatic heterocycles. The van der Waals surface area contributed by atoms with Crippen LogP contribution in [0.2, 0.25) is 5.02 Å². The van der Waals surface area contributed by atoms with Crippen molar-refractivity contribution in [2.75, 3.05) is 51.3 Å². The lowest BCUT2D eigenvalue weighted by Crippen LogP contribution is -2.43. The van der Waals surface area contributed by atoms with Crippen LogP contribution in [0.3, 0.4) is 0 Å². The zero-order valence-corrected chi connectivity index (χ0v) is 29.9. The van der Waals surface area contributed by atoms with Crippen LogP contribution in [0, 0.1) is 12.8 Å². The highest BCUT2D eigenvalue weighted by Crippen LogP contribution is 2.41. The summed E-state index contributed by atoms with van der Waals surface area (Å²) in [5, 5.41) is 2.85. The number of aromatic nitrogens is 4. The average Bonchev–Trinajstić information content (AvgIpc) is 3.83. The lowest BCUT2D eigenvalue weighted by Gasteiger charge is -2.32. The molecule has 4 aliphatic rings. The van der Waals surface area contributed by atoms with Gasteiger partial charge in [-0.1, -0.05) is 35.9 Å². The summed E-state index contributed by atoms with van der Waals surface area (Å²) in [5.41, 5.74) is 3.48. The number of hydrogen-bond acceptors (Lipinski definition) is 8. The van der Waals surface area contributed by atoms with Gasteiger partial charge in [0.25, 0.3) is 0 Å². The fraction of sp³-hybridized carbons (Fsp3) is 0.436. The Hall–Kier alpha value is -4.48. The second kappa shape index (κ2) is 13.9. The number of aryl methyl sites for hydroxylation is 1. The van der Waals surface area contributed by atoms with E-state index in [2.05, 4.69) is 54.8 Å². The Morgan fingerprint density at radius 1 is 1.12 bits per heavy atom. The minimum Gasteiger partial charge on any atom is -0.443 e. The van der Waals surface area contributed by atoms with Gasteiger partial charge >= 0.3 is 11.8 Å². The number of alkyl halides is 1. The fourth-order valence-corrected chi connectivity index (χ4v) is 8.74. The molecule has 3 fully saturated rings. The Kier molecular flexibility index (Phi) is 9.18. The Labute approximate surface area is 302 Å². The normalized spacial score (nSPS) is 23.7. The molecule has 3 atom stereocenters. The maximum Gasteiger partial charge on any atom is 0.434 e. The zero-order valence-electron chi connectivity index (χ0n) is 29.1. The van der Waals surface area contributed by atoms with Gasteiger partial charge in [-0.2, -0.15) is 4.98 Å². The third-order valence-electron chi connectivity index (χ3n) is 10.9. The van der Waals surface area contributed by atoms with Crippen LogP contribution in [0.25, 0.3) is 16.8 Å². The lowest BCUT2D eigenvalue weighted by molar-refractivity contribution is -0.407. The summed E-state index contributed by atoms with van der Waals surface area (Å²) < 4.78 is 23.1. The van der Waals surface area contributed by atoms with Gasteiger partial charge in [-0.05, 0) is 62.4 Å². The average molecular weight is 710 g/mol. The summed E-state index contributed by atoms with van der Waals surface area (Å²) in [4.78, 5) is 38.0. The molecule has 0 N–H and O–H groups in total. The molecule has 0 saturated carbocycles. The number of amides is 1. The van der Waals surface area contributed by atoms with Gasteiger partial charge in [-0.3, -0.25) is 9.69 Å². The lowest BCUT2D eigenvalue weighted by atomic mass is 9.95. The Morgan fingerprint density at radius 2 is 1.98 bits per heavy atom. The fourth-order valence-electron chi connectivity index (χ4n) is 8.46. The van der Waals surface area contributed by atoms with Crippen LogP contribution >= 0.6 is 11.6 Å². The number of carbonyl (C=O) groups is 1. The van der Waals surface area contributed by atoms with E-state index in [1.165, 1.54) is 0 Å². The smallest absolute Gasteiger partial charge is 0.434 e. The number of nitrogens with zero attached hydrogens (tertiary/aromatic N) is 8. The molecule has 10 nitrogen and oxygen atoms in total. The topological polar surface area (TPSA) is 90.6 Å². The molecule has 4 aromatic rings. The molecule has 3 saturated heterocycles. The van der Waals surface area contributed by atoms with Crippen molar-refractivity contribution in [1.29, 1.82) is 0 Å². The Balaban J connectivity index is 1.06. The first kappa shape index (κ1) is 33.7. The van der Waals surface area contributed by atoms with Crippen LogP contribution < -0.4 is 9.64 Å². The number of carbonyl (C=O) groups excluding carboxylic acids is 1.